The van der Waals surface area contributed by atoms with Gasteiger partial charge in [0, 0.05) is 37.2 Å². The molecule has 6 nitrogen and oxygen atoms in total. The van der Waals surface area contributed by atoms with Crippen LogP contribution in [-0.2, 0) is 11.4 Å². The van der Waals surface area contributed by atoms with Gasteiger partial charge in [-0.3, -0.25) is 19.2 Å². The lowest BCUT2D eigenvalue weighted by molar-refractivity contribution is 0.150. The zero-order valence-electron chi connectivity index (χ0n) is 16.4. The van der Waals surface area contributed by atoms with Crippen molar-refractivity contribution in [3.8, 4) is 0 Å². The van der Waals surface area contributed by atoms with E-state index in [0.717, 1.165) is 30.3 Å². The number of hydrogen-bond donors (Lipinski definition) is 0. The minimum Gasteiger partial charge on any atom is -0.385 e. The van der Waals surface area contributed by atoms with Gasteiger partial charge in [0.1, 0.15) is 0 Å². The van der Waals surface area contributed by atoms with Crippen molar-refractivity contribution in [1.82, 2.24) is 14.5 Å². The van der Waals surface area contributed by atoms with E-state index in [-0.39, 0.29) is 5.56 Å². The smallest absolute Gasteiger partial charge is 0.259 e. The second-order valence-electron chi connectivity index (χ2n) is 7.08. The molecule has 3 rings (SSSR count). The van der Waals surface area contributed by atoms with Crippen LogP contribution in [-0.4, -0.2) is 41.4 Å². The molecule has 0 spiro atoms. The van der Waals surface area contributed by atoms with Crippen LogP contribution in [0.15, 0.2) is 23.0 Å². The maximum absolute atomic E-state index is 12.9. The molecule has 1 aliphatic rings. The molecule has 0 fully saturated rings. The molecule has 26 heavy (non-hydrogen) atoms. The predicted molar refractivity (Wildman–Crippen MR) is 104 cm³/mol. The summed E-state index contributed by atoms with van der Waals surface area (Å²) in [6, 6.07) is 6.39. The fraction of sp³-hybridized carbons (Fsp3) is 0.500. The van der Waals surface area contributed by atoms with Crippen molar-refractivity contribution >= 4 is 11.6 Å². The average molecular weight is 356 g/mol. The number of anilines is 2. The molecule has 0 N–H and O–H groups in total. The molecule has 0 radical (unpaired) electrons. The Kier molecular flexibility index (Phi) is 5.44. The summed E-state index contributed by atoms with van der Waals surface area (Å²) in [4.78, 5) is 22.0. The zero-order valence-corrected chi connectivity index (χ0v) is 16.4. The number of benzene rings is 1. The average Bonchev–Trinajstić information content (AvgIpc) is 2.62. The maximum atomic E-state index is 12.9. The Morgan fingerprint density at radius 3 is 2.58 bits per heavy atom. The van der Waals surface area contributed by atoms with Crippen LogP contribution in [0, 0.1) is 27.7 Å². The Morgan fingerprint density at radius 2 is 1.88 bits per heavy atom. The fourth-order valence-corrected chi connectivity index (χ4v) is 3.25. The van der Waals surface area contributed by atoms with E-state index in [0.29, 0.717) is 25.5 Å². The Labute approximate surface area is 155 Å². The van der Waals surface area contributed by atoms with E-state index in [1.807, 2.05) is 13.8 Å². The SMILES string of the molecule is COCCCN1CN(c2ccc(C)c(C)c2)c2nc(C)c(C)c(=O)n2C1. The molecule has 1 aromatic carbocycles. The van der Waals surface area contributed by atoms with E-state index >= 15 is 0 Å². The lowest BCUT2D eigenvalue weighted by atomic mass is 10.1. The summed E-state index contributed by atoms with van der Waals surface area (Å²) < 4.78 is 6.97. The van der Waals surface area contributed by atoms with Crippen LogP contribution in [0.1, 0.15) is 28.8 Å². The van der Waals surface area contributed by atoms with Gasteiger partial charge in [0.2, 0.25) is 5.95 Å². The Balaban J connectivity index is 2.05. The topological polar surface area (TPSA) is 50.6 Å². The molecule has 0 saturated heterocycles. The minimum absolute atomic E-state index is 0.0396. The van der Waals surface area contributed by atoms with Crippen molar-refractivity contribution in [1.29, 1.82) is 0 Å². The summed E-state index contributed by atoms with van der Waals surface area (Å²) in [5.41, 5.74) is 5.10. The first-order valence-electron chi connectivity index (χ1n) is 9.06. The molecule has 140 valence electrons. The van der Waals surface area contributed by atoms with Crippen molar-refractivity contribution in [2.45, 2.75) is 40.8 Å². The van der Waals surface area contributed by atoms with Crippen LogP contribution in [0.4, 0.5) is 11.6 Å². The van der Waals surface area contributed by atoms with Crippen LogP contribution in [0.2, 0.25) is 0 Å². The lowest BCUT2D eigenvalue weighted by Gasteiger charge is -2.38. The van der Waals surface area contributed by atoms with E-state index in [4.69, 9.17) is 9.72 Å². The van der Waals surface area contributed by atoms with Crippen molar-refractivity contribution in [2.75, 3.05) is 31.8 Å². The number of ether oxygens (including phenoxy) is 1. The van der Waals surface area contributed by atoms with Gasteiger partial charge in [-0.25, -0.2) is 4.98 Å². The maximum Gasteiger partial charge on any atom is 0.259 e. The first-order valence-corrected chi connectivity index (χ1v) is 9.06. The number of methoxy groups -OCH3 is 1. The molecular formula is C20H28N4O2. The number of hydrogen-bond acceptors (Lipinski definition) is 5. The molecule has 1 aromatic heterocycles. The number of rotatable bonds is 5. The van der Waals surface area contributed by atoms with Crippen LogP contribution in [0.5, 0.6) is 0 Å². The van der Waals surface area contributed by atoms with E-state index in [1.54, 1.807) is 11.7 Å². The van der Waals surface area contributed by atoms with Gasteiger partial charge < -0.3 is 4.74 Å². The monoisotopic (exact) mass is 356 g/mol. The quantitative estimate of drug-likeness (QED) is 0.771. The highest BCUT2D eigenvalue weighted by atomic mass is 16.5. The molecule has 0 unspecified atom stereocenters. The third-order valence-corrected chi connectivity index (χ3v) is 5.17. The summed E-state index contributed by atoms with van der Waals surface area (Å²) in [5, 5.41) is 0. The first-order chi connectivity index (χ1) is 12.4. The van der Waals surface area contributed by atoms with Crippen molar-refractivity contribution < 1.29 is 4.74 Å². The summed E-state index contributed by atoms with van der Waals surface area (Å²) in [6.45, 7) is 10.8. The van der Waals surface area contributed by atoms with Gasteiger partial charge in [0.05, 0.1) is 13.3 Å². The molecule has 2 heterocycles. The molecule has 1 aliphatic heterocycles. The van der Waals surface area contributed by atoms with Crippen LogP contribution in [0.25, 0.3) is 0 Å². The summed E-state index contributed by atoms with van der Waals surface area (Å²) in [7, 11) is 1.72. The molecule has 0 atom stereocenters. The van der Waals surface area contributed by atoms with Gasteiger partial charge >= 0.3 is 0 Å². The Bertz CT molecular complexity index is 860. The molecule has 0 bridgehead atoms. The standard InChI is InChI=1S/C20H28N4O2/c1-14-7-8-18(11-15(14)2)23-12-22(9-6-10-26-5)13-24-19(25)16(3)17(4)21-20(23)24/h7-8,11H,6,9-10,12-13H2,1-5H3. The molecule has 0 aliphatic carbocycles. The number of nitrogens with zero attached hydrogens (tertiary/aromatic N) is 4. The van der Waals surface area contributed by atoms with Crippen molar-refractivity contribution in [3.05, 3.63) is 50.9 Å². The van der Waals surface area contributed by atoms with Crippen molar-refractivity contribution in [2.24, 2.45) is 0 Å². The molecule has 6 heteroatoms. The molecule has 2 aromatic rings. The number of fused-ring (bicyclic) bond motifs is 1. The second-order valence-corrected chi connectivity index (χ2v) is 7.08. The highest BCUT2D eigenvalue weighted by molar-refractivity contribution is 5.60. The van der Waals surface area contributed by atoms with Gasteiger partial charge in [0.25, 0.3) is 5.56 Å². The second kappa shape index (κ2) is 7.60. The van der Waals surface area contributed by atoms with Crippen LogP contribution >= 0.6 is 0 Å². The van der Waals surface area contributed by atoms with E-state index in [1.165, 1.54) is 11.1 Å². The van der Waals surface area contributed by atoms with Gasteiger partial charge in [-0.15, -0.1) is 0 Å². The summed E-state index contributed by atoms with van der Waals surface area (Å²) >= 11 is 0. The number of aryl methyl sites for hydroxylation is 3. The van der Waals surface area contributed by atoms with Gasteiger partial charge in [-0.1, -0.05) is 6.07 Å². The summed E-state index contributed by atoms with van der Waals surface area (Å²) in [6.07, 6.45) is 0.930. The first kappa shape index (κ1) is 18.6. The highest BCUT2D eigenvalue weighted by Gasteiger charge is 2.27. The van der Waals surface area contributed by atoms with Crippen molar-refractivity contribution in [3.63, 3.8) is 0 Å². The van der Waals surface area contributed by atoms with E-state index in [2.05, 4.69) is 41.8 Å². The minimum atomic E-state index is 0.0396. The molecule has 0 amide bonds. The predicted octanol–water partition coefficient (Wildman–Crippen LogP) is 2.88. The number of aromatic nitrogens is 2. The normalized spacial score (nSPS) is 14.6. The van der Waals surface area contributed by atoms with Gasteiger partial charge in [-0.2, -0.15) is 0 Å². The Hall–Kier alpha value is -2.18. The van der Waals surface area contributed by atoms with E-state index < -0.39 is 0 Å². The molecular weight excluding hydrogens is 328 g/mol. The Morgan fingerprint density at radius 1 is 1.12 bits per heavy atom. The molecule has 0 saturated carbocycles. The highest BCUT2D eigenvalue weighted by Crippen LogP contribution is 2.29. The third-order valence-electron chi connectivity index (χ3n) is 5.17. The third kappa shape index (κ3) is 3.52. The lowest BCUT2D eigenvalue weighted by Crippen LogP contribution is -2.48. The largest absolute Gasteiger partial charge is 0.385 e. The van der Waals surface area contributed by atoms with Crippen LogP contribution < -0.4 is 10.5 Å². The zero-order chi connectivity index (χ0) is 18.8. The van der Waals surface area contributed by atoms with E-state index in [9.17, 15) is 4.79 Å². The van der Waals surface area contributed by atoms with Gasteiger partial charge in [-0.05, 0) is 57.4 Å². The summed E-state index contributed by atoms with van der Waals surface area (Å²) in [5.74, 6) is 0.726. The van der Waals surface area contributed by atoms with Crippen LogP contribution in [0.3, 0.4) is 0 Å². The fourth-order valence-electron chi connectivity index (χ4n) is 3.25. The van der Waals surface area contributed by atoms with Gasteiger partial charge in [0.15, 0.2) is 0 Å².